The second-order valence-corrected chi connectivity index (χ2v) is 6.24. The van der Waals surface area contributed by atoms with Crippen LogP contribution < -0.4 is 10.1 Å². The number of nitrogens with one attached hydrogen (secondary N) is 1. The summed E-state index contributed by atoms with van der Waals surface area (Å²) in [6.45, 7) is 1.28. The number of rotatable bonds is 5. The summed E-state index contributed by atoms with van der Waals surface area (Å²) in [5.74, 6) is -0.939. The van der Waals surface area contributed by atoms with Gasteiger partial charge in [0.2, 0.25) is 0 Å². The van der Waals surface area contributed by atoms with Gasteiger partial charge in [0.1, 0.15) is 5.75 Å². The highest BCUT2D eigenvalue weighted by Crippen LogP contribution is 2.31. The van der Waals surface area contributed by atoms with Crippen molar-refractivity contribution in [3.05, 3.63) is 56.5 Å². The van der Waals surface area contributed by atoms with E-state index < -0.39 is 18.5 Å². The standard InChI is InChI=1S/C17H14Cl3NO4/c1-9-6-13(14(24-2)7-12(9)20)21-15(22)8-25-17(23)16-10(18)4-3-5-11(16)19/h3-7H,8H2,1-2H3,(H,21,22). The molecule has 8 heteroatoms. The van der Waals surface area contributed by atoms with E-state index in [0.717, 1.165) is 5.56 Å². The molecule has 0 saturated carbocycles. The fourth-order valence-electron chi connectivity index (χ4n) is 2.01. The molecule has 2 aromatic rings. The zero-order chi connectivity index (χ0) is 18.6. The molecular formula is C17H14Cl3NO4. The maximum absolute atomic E-state index is 12.1. The number of amides is 1. The third kappa shape index (κ3) is 4.78. The quantitative estimate of drug-likeness (QED) is 0.732. The first-order valence-corrected chi connectivity index (χ1v) is 8.22. The zero-order valence-electron chi connectivity index (χ0n) is 13.4. The van der Waals surface area contributed by atoms with Gasteiger partial charge in [0.15, 0.2) is 6.61 Å². The van der Waals surface area contributed by atoms with Crippen molar-refractivity contribution in [2.24, 2.45) is 0 Å². The first kappa shape index (κ1) is 19.4. The molecule has 0 aromatic heterocycles. The number of esters is 1. The lowest BCUT2D eigenvalue weighted by Gasteiger charge is -2.12. The Balaban J connectivity index is 2.04. The highest BCUT2D eigenvalue weighted by molar-refractivity contribution is 6.39. The second kappa shape index (κ2) is 8.43. The number of methoxy groups -OCH3 is 1. The minimum atomic E-state index is -0.787. The summed E-state index contributed by atoms with van der Waals surface area (Å²) in [6.07, 6.45) is 0. The monoisotopic (exact) mass is 401 g/mol. The van der Waals surface area contributed by atoms with Crippen LogP contribution in [0, 0.1) is 6.92 Å². The summed E-state index contributed by atoms with van der Waals surface area (Å²) in [7, 11) is 1.45. The Kier molecular flexibility index (Phi) is 6.53. The van der Waals surface area contributed by atoms with E-state index in [1.54, 1.807) is 25.1 Å². The molecule has 0 aliphatic heterocycles. The molecule has 0 radical (unpaired) electrons. The first-order valence-electron chi connectivity index (χ1n) is 7.08. The number of halogens is 3. The topological polar surface area (TPSA) is 64.6 Å². The van der Waals surface area contributed by atoms with E-state index in [0.29, 0.717) is 16.5 Å². The summed E-state index contributed by atoms with van der Waals surface area (Å²) in [5.41, 5.74) is 1.19. The van der Waals surface area contributed by atoms with Crippen LogP contribution in [0.2, 0.25) is 15.1 Å². The van der Waals surface area contributed by atoms with Gasteiger partial charge in [-0.3, -0.25) is 4.79 Å². The normalized spacial score (nSPS) is 10.3. The van der Waals surface area contributed by atoms with Gasteiger partial charge in [0.05, 0.1) is 28.4 Å². The lowest BCUT2D eigenvalue weighted by molar-refractivity contribution is -0.119. The van der Waals surface area contributed by atoms with E-state index >= 15 is 0 Å². The largest absolute Gasteiger partial charge is 0.495 e. The molecular weight excluding hydrogens is 389 g/mol. The van der Waals surface area contributed by atoms with Crippen LogP contribution in [0.1, 0.15) is 15.9 Å². The number of carbonyl (C=O) groups is 2. The average Bonchev–Trinajstić information content (AvgIpc) is 2.56. The van der Waals surface area contributed by atoms with Crippen LogP contribution in [0.5, 0.6) is 5.75 Å². The van der Waals surface area contributed by atoms with Gasteiger partial charge < -0.3 is 14.8 Å². The fourth-order valence-corrected chi connectivity index (χ4v) is 2.72. The molecule has 0 saturated heterocycles. The average molecular weight is 403 g/mol. The van der Waals surface area contributed by atoms with Gasteiger partial charge in [0, 0.05) is 11.1 Å². The molecule has 0 atom stereocenters. The van der Waals surface area contributed by atoms with Crippen molar-refractivity contribution in [2.45, 2.75) is 6.92 Å². The van der Waals surface area contributed by atoms with Crippen molar-refractivity contribution in [3.8, 4) is 5.75 Å². The molecule has 1 amide bonds. The van der Waals surface area contributed by atoms with Crippen LogP contribution in [-0.4, -0.2) is 25.6 Å². The molecule has 1 N–H and O–H groups in total. The number of benzene rings is 2. The molecule has 25 heavy (non-hydrogen) atoms. The summed E-state index contributed by atoms with van der Waals surface area (Å²) < 4.78 is 10.1. The van der Waals surface area contributed by atoms with Gasteiger partial charge in [-0.15, -0.1) is 0 Å². The third-order valence-electron chi connectivity index (χ3n) is 3.26. The summed E-state index contributed by atoms with van der Waals surface area (Å²) in [5, 5.41) is 3.40. The first-order chi connectivity index (χ1) is 11.8. The maximum Gasteiger partial charge on any atom is 0.341 e. The Morgan fingerprint density at radius 2 is 1.72 bits per heavy atom. The number of aryl methyl sites for hydroxylation is 1. The van der Waals surface area contributed by atoms with Crippen molar-refractivity contribution in [3.63, 3.8) is 0 Å². The number of hydrogen-bond acceptors (Lipinski definition) is 4. The molecule has 0 spiro atoms. The smallest absolute Gasteiger partial charge is 0.341 e. The van der Waals surface area contributed by atoms with E-state index in [-0.39, 0.29) is 15.6 Å². The second-order valence-electron chi connectivity index (χ2n) is 5.02. The van der Waals surface area contributed by atoms with E-state index in [1.807, 2.05) is 0 Å². The summed E-state index contributed by atoms with van der Waals surface area (Å²) >= 11 is 17.9. The number of carbonyl (C=O) groups excluding carboxylic acids is 2. The van der Waals surface area contributed by atoms with Crippen LogP contribution in [0.15, 0.2) is 30.3 Å². The predicted molar refractivity (Wildman–Crippen MR) is 98.1 cm³/mol. The molecule has 0 unspecified atom stereocenters. The van der Waals surface area contributed by atoms with Crippen molar-refractivity contribution >= 4 is 52.4 Å². The lowest BCUT2D eigenvalue weighted by atomic mass is 10.2. The van der Waals surface area contributed by atoms with E-state index in [2.05, 4.69) is 5.32 Å². The van der Waals surface area contributed by atoms with Gasteiger partial charge in [0.25, 0.3) is 5.91 Å². The highest BCUT2D eigenvalue weighted by Gasteiger charge is 2.18. The number of anilines is 1. The minimum Gasteiger partial charge on any atom is -0.495 e. The van der Waals surface area contributed by atoms with Crippen molar-refractivity contribution in [2.75, 3.05) is 19.0 Å². The Morgan fingerprint density at radius 3 is 2.32 bits per heavy atom. The van der Waals surface area contributed by atoms with Gasteiger partial charge in [-0.2, -0.15) is 0 Å². The lowest BCUT2D eigenvalue weighted by Crippen LogP contribution is -2.21. The van der Waals surface area contributed by atoms with Crippen LogP contribution >= 0.6 is 34.8 Å². The number of hydrogen-bond donors (Lipinski definition) is 1. The van der Waals surface area contributed by atoms with Crippen LogP contribution in [0.3, 0.4) is 0 Å². The van der Waals surface area contributed by atoms with Crippen LogP contribution in [0.25, 0.3) is 0 Å². The number of ether oxygens (including phenoxy) is 2. The molecule has 132 valence electrons. The van der Waals surface area contributed by atoms with Crippen LogP contribution in [0.4, 0.5) is 5.69 Å². The molecule has 0 heterocycles. The maximum atomic E-state index is 12.1. The Bertz CT molecular complexity index is 804. The molecule has 0 aliphatic rings. The third-order valence-corrected chi connectivity index (χ3v) is 4.29. The molecule has 0 aliphatic carbocycles. The molecule has 2 rings (SSSR count). The van der Waals surface area contributed by atoms with Gasteiger partial charge in [-0.25, -0.2) is 4.79 Å². The molecule has 0 fully saturated rings. The summed E-state index contributed by atoms with van der Waals surface area (Å²) in [6, 6.07) is 7.86. The minimum absolute atomic E-state index is 0.0125. The van der Waals surface area contributed by atoms with Gasteiger partial charge in [-0.1, -0.05) is 40.9 Å². The highest BCUT2D eigenvalue weighted by atomic mass is 35.5. The van der Waals surface area contributed by atoms with Crippen molar-refractivity contribution in [1.29, 1.82) is 0 Å². The van der Waals surface area contributed by atoms with Crippen LogP contribution in [-0.2, 0) is 9.53 Å². The van der Waals surface area contributed by atoms with E-state index in [1.165, 1.54) is 19.2 Å². The SMILES string of the molecule is COc1cc(Cl)c(C)cc1NC(=O)COC(=O)c1c(Cl)cccc1Cl. The molecule has 2 aromatic carbocycles. The fraction of sp³-hybridized carbons (Fsp3) is 0.176. The Morgan fingerprint density at radius 1 is 1.08 bits per heavy atom. The summed E-state index contributed by atoms with van der Waals surface area (Å²) in [4.78, 5) is 24.1. The zero-order valence-corrected chi connectivity index (χ0v) is 15.6. The molecule has 0 bridgehead atoms. The Hall–Kier alpha value is -1.95. The van der Waals surface area contributed by atoms with E-state index in [4.69, 9.17) is 44.3 Å². The van der Waals surface area contributed by atoms with Crippen molar-refractivity contribution in [1.82, 2.24) is 0 Å². The van der Waals surface area contributed by atoms with E-state index in [9.17, 15) is 9.59 Å². The van der Waals surface area contributed by atoms with Gasteiger partial charge in [-0.05, 0) is 30.7 Å². The Labute approximate surface area is 159 Å². The molecule has 5 nitrogen and oxygen atoms in total. The van der Waals surface area contributed by atoms with Crippen molar-refractivity contribution < 1.29 is 19.1 Å². The predicted octanol–water partition coefficient (Wildman–Crippen LogP) is 4.76. The van der Waals surface area contributed by atoms with Gasteiger partial charge >= 0.3 is 5.97 Å².